The summed E-state index contributed by atoms with van der Waals surface area (Å²) in [5.74, 6) is 2.08. The predicted molar refractivity (Wildman–Crippen MR) is 463 cm³/mol. The highest BCUT2D eigenvalue weighted by atomic mass is 19.1. The van der Waals surface area contributed by atoms with Crippen molar-refractivity contribution in [2.45, 2.75) is 262 Å². The smallest absolute Gasteiger partial charge is 0.340 e. The molecule has 0 aliphatic heterocycles. The van der Waals surface area contributed by atoms with Crippen LogP contribution in [0.2, 0.25) is 0 Å². The fraction of sp³-hybridized carbons (Fsp3) is 0.418. The zero-order chi connectivity index (χ0) is 80.6. The van der Waals surface area contributed by atoms with Gasteiger partial charge in [-0.1, -0.05) is 260 Å². The number of primary amides is 1. The molecular formula is C98H136F6N2O6. The number of ketones is 2. The number of hydrogen-bond acceptors (Lipinski definition) is 7. The lowest BCUT2D eigenvalue weighted by atomic mass is 9.92. The molecule has 1 aliphatic rings. The van der Waals surface area contributed by atoms with Gasteiger partial charge in [-0.2, -0.15) is 5.26 Å². The Bertz CT molecular complexity index is 4220. The first-order valence-electron chi connectivity index (χ1n) is 36.2. The molecule has 14 heteroatoms. The molecule has 1 saturated carbocycles. The van der Waals surface area contributed by atoms with Gasteiger partial charge in [-0.05, 0) is 216 Å². The van der Waals surface area contributed by atoms with Crippen molar-refractivity contribution in [3.63, 3.8) is 0 Å². The molecule has 1 amide bonds. The van der Waals surface area contributed by atoms with Gasteiger partial charge in [0.1, 0.15) is 40.7 Å². The van der Waals surface area contributed by atoms with Crippen LogP contribution in [0.4, 0.5) is 26.3 Å². The molecule has 0 radical (unpaired) electrons. The Morgan fingerprint density at radius 2 is 0.875 bits per heavy atom. The van der Waals surface area contributed by atoms with Crippen molar-refractivity contribution >= 4 is 29.2 Å². The molecule has 0 saturated heterocycles. The zero-order valence-corrected chi connectivity index (χ0v) is 66.4. The molecule has 8 aromatic carbocycles. The summed E-state index contributed by atoms with van der Waals surface area (Å²) in [6, 6.07) is 45.9. The number of nitrogens with two attached hydrogens (primary N) is 1. The lowest BCUT2D eigenvalue weighted by Gasteiger charge is -2.12. The summed E-state index contributed by atoms with van der Waals surface area (Å²) in [7, 11) is 1.24. The quantitative estimate of drug-likeness (QED) is 0.0315. The summed E-state index contributed by atoms with van der Waals surface area (Å²) in [5, 5.41) is 8.64. The number of nitriles is 1. The summed E-state index contributed by atoms with van der Waals surface area (Å²) < 4.78 is 89.5. The Morgan fingerprint density at radius 1 is 0.482 bits per heavy atom. The van der Waals surface area contributed by atoms with Gasteiger partial charge in [0, 0.05) is 6.42 Å². The normalized spacial score (nSPS) is 10.8. The summed E-state index contributed by atoms with van der Waals surface area (Å²) >= 11 is 0. The van der Waals surface area contributed by atoms with E-state index in [1.165, 1.54) is 78.8 Å². The van der Waals surface area contributed by atoms with Crippen LogP contribution in [0.5, 0.6) is 0 Å². The van der Waals surface area contributed by atoms with E-state index in [0.29, 0.717) is 59.1 Å². The predicted octanol–water partition coefficient (Wildman–Crippen LogP) is 29.0. The molecule has 112 heavy (non-hydrogen) atoms. The minimum Gasteiger partial charge on any atom is -0.494 e. The molecule has 0 spiro atoms. The number of nitrogens with zero attached hydrogens (tertiary/aromatic N) is 1. The largest absolute Gasteiger partial charge is 0.494 e. The van der Waals surface area contributed by atoms with Crippen LogP contribution in [-0.2, 0) is 14.9 Å². The lowest BCUT2D eigenvalue weighted by molar-refractivity contribution is 0.0594. The number of halogens is 6. The van der Waals surface area contributed by atoms with Crippen molar-refractivity contribution in [3.05, 3.63) is 288 Å². The maximum absolute atomic E-state index is 14.0. The fourth-order valence-corrected chi connectivity index (χ4v) is 10.8. The molecule has 1 fully saturated rings. The molecule has 0 heterocycles. The van der Waals surface area contributed by atoms with E-state index in [0.717, 1.165) is 46.2 Å². The van der Waals surface area contributed by atoms with Crippen LogP contribution in [0, 0.1) is 72.4 Å². The Kier molecular flexibility index (Phi) is 53.4. The molecule has 0 aromatic heterocycles. The number of hydrogen-bond donors (Lipinski definition) is 1. The van der Waals surface area contributed by atoms with Gasteiger partial charge in [-0.15, -0.1) is 6.42 Å². The van der Waals surface area contributed by atoms with E-state index in [4.69, 9.17) is 22.2 Å². The minimum atomic E-state index is -0.722. The molecule has 616 valence electrons. The first kappa shape index (κ1) is 111. The number of carbonyl (C=O) groups excluding carboxylic acids is 4. The van der Waals surface area contributed by atoms with Gasteiger partial charge < -0.3 is 15.2 Å². The van der Waals surface area contributed by atoms with Crippen molar-refractivity contribution in [2.75, 3.05) is 13.7 Å². The third-order valence-corrected chi connectivity index (χ3v) is 17.6. The number of ether oxygens (including phenoxy) is 2. The number of rotatable bonds is 17. The Hall–Kier alpha value is -9.79. The Morgan fingerprint density at radius 3 is 1.25 bits per heavy atom. The number of esters is 1. The van der Waals surface area contributed by atoms with E-state index in [1.54, 1.807) is 61.5 Å². The highest BCUT2D eigenvalue weighted by Crippen LogP contribution is 2.48. The van der Waals surface area contributed by atoms with E-state index < -0.39 is 29.3 Å². The van der Waals surface area contributed by atoms with Crippen molar-refractivity contribution in [2.24, 2.45) is 5.73 Å². The Balaban J connectivity index is -0.000000387. The Labute approximate surface area is 673 Å². The molecule has 0 atom stereocenters. The first-order chi connectivity index (χ1) is 49.7. The average Bonchev–Trinajstić information content (AvgIpc) is 1.61. The summed E-state index contributed by atoms with van der Waals surface area (Å²) in [4.78, 5) is 44.3. The topological polar surface area (TPSA) is 137 Å². The third kappa shape index (κ3) is 34.4. The number of amides is 1. The minimum absolute atomic E-state index is 0. The van der Waals surface area contributed by atoms with Crippen molar-refractivity contribution < 1.29 is 55.0 Å². The van der Waals surface area contributed by atoms with Crippen LogP contribution in [0.25, 0.3) is 5.76 Å². The van der Waals surface area contributed by atoms with E-state index >= 15 is 0 Å². The number of benzene rings is 8. The van der Waals surface area contributed by atoms with Crippen LogP contribution >= 0.6 is 0 Å². The number of carbonyl (C=O) groups is 4. The number of terminal acetylenes is 1. The SMILES string of the molecule is C.C.C.C.C.C.C#CC1(c2cccc(C(C)C)c2)CC1.C=C(OCC)c1cccc(C(C)C)c1F.CC(=O)c1cccc(C(C)C)c1F.CC(C)c1ccc(F)c(C(N)=O)c1.CCC(=O)c1cc(C(C)C)ccc1F.COC(=O)c1cc(C(C)C)ccc1F.Cc1c(F)cccc1C(C)C.Cc1cc(C#N)ccc1C(C)C. The highest BCUT2D eigenvalue weighted by Gasteiger charge is 2.42. The van der Waals surface area contributed by atoms with Gasteiger partial charge in [0.2, 0.25) is 0 Å². The van der Waals surface area contributed by atoms with Crippen molar-refractivity contribution in [1.29, 1.82) is 5.26 Å². The summed E-state index contributed by atoms with van der Waals surface area (Å²) in [5.41, 5.74) is 18.0. The van der Waals surface area contributed by atoms with Crippen LogP contribution in [-0.4, -0.2) is 37.2 Å². The zero-order valence-electron chi connectivity index (χ0n) is 66.4. The molecule has 2 N–H and O–H groups in total. The van der Waals surface area contributed by atoms with Gasteiger partial charge in [0.05, 0.1) is 58.6 Å². The monoisotopic (exact) mass is 1550 g/mol. The first-order valence-corrected chi connectivity index (χ1v) is 36.2. The fourth-order valence-electron chi connectivity index (χ4n) is 10.8. The molecule has 8 nitrogen and oxygen atoms in total. The van der Waals surface area contributed by atoms with Crippen LogP contribution in [0.3, 0.4) is 0 Å². The molecule has 0 unspecified atom stereocenters. The number of aryl methyl sites for hydroxylation is 1. The molecule has 0 bridgehead atoms. The second kappa shape index (κ2) is 54.0. The van der Waals surface area contributed by atoms with Crippen LogP contribution in [0.15, 0.2) is 158 Å². The van der Waals surface area contributed by atoms with E-state index in [9.17, 15) is 45.5 Å². The van der Waals surface area contributed by atoms with Gasteiger partial charge in [-0.25, -0.2) is 31.1 Å². The molecule has 9 rings (SSSR count). The van der Waals surface area contributed by atoms with E-state index in [-0.39, 0.29) is 125 Å². The molecule has 1 aliphatic carbocycles. The van der Waals surface area contributed by atoms with E-state index in [2.05, 4.69) is 96.0 Å². The second-order valence-corrected chi connectivity index (χ2v) is 28.4. The van der Waals surface area contributed by atoms with Gasteiger partial charge in [-0.3, -0.25) is 14.4 Å². The third-order valence-electron chi connectivity index (χ3n) is 17.6. The average molecular weight is 1550 g/mol. The maximum atomic E-state index is 14.0. The molecule has 8 aromatic rings. The maximum Gasteiger partial charge on any atom is 0.340 e. The van der Waals surface area contributed by atoms with Crippen LogP contribution < -0.4 is 5.73 Å². The van der Waals surface area contributed by atoms with E-state index in [1.807, 2.05) is 113 Å². The van der Waals surface area contributed by atoms with Crippen molar-refractivity contribution in [1.82, 2.24) is 0 Å². The molecular weight excluding hydrogens is 1420 g/mol. The summed E-state index contributed by atoms with van der Waals surface area (Å²) in [6.07, 6.45) is 8.24. The summed E-state index contributed by atoms with van der Waals surface area (Å²) in [6.45, 7) is 45.6. The second-order valence-electron chi connectivity index (χ2n) is 28.4. The van der Waals surface area contributed by atoms with Crippen LogP contribution in [0.1, 0.15) is 356 Å². The van der Waals surface area contributed by atoms with Gasteiger partial charge >= 0.3 is 5.97 Å². The lowest BCUT2D eigenvalue weighted by Crippen LogP contribution is -2.13. The number of methoxy groups -OCH3 is 1. The van der Waals surface area contributed by atoms with Gasteiger partial charge in [0.25, 0.3) is 5.91 Å². The highest BCUT2D eigenvalue weighted by molar-refractivity contribution is 5.96. The van der Waals surface area contributed by atoms with Crippen molar-refractivity contribution in [3.8, 4) is 18.4 Å². The standard InChI is InChI=1S/C14H16.C13H17FO.C12H15FO.C11H13FO2.C11H13FO.C11H13N.C10H12FNO.C10H13F.6CH4/c1-4-14(8-9-14)13-7-5-6-12(10-13)11(2)3;1-5-15-10(4)12-8-6-7-11(9(2)3)13(12)14;1-4-12(14)10-7-9(8(2)3)5-6-11(10)13;1-7(2)8-4-5-10(12)9(6-8)11(13)14-3;1-7(2)9-5-4-6-10(8(3)13)11(9)12;1-8(2)11-5-4-10(7-12)6-9(11)3;1-6(2)7-3-4-9(11)8(5-7)10(12)13;1-7(2)9-5-4-6-10(11)8(9)3;;;;;;/h1,5-7,10-11H,8-9H2,2-3H3;6-9H,4-5H2,1-3H3;5-8H,4H2,1-3H3;4-7H,1-3H3;4-7H,1-3H3;4-6,8H,1-3H3;3-6H,1-2H3,(H2,12,13);4-7H,1-3H3;6*1H4. The number of Topliss-reactive ketones (excluding diaryl/α,β-unsaturated/α-hetero) is 2. The van der Waals surface area contributed by atoms with Gasteiger partial charge in [0.15, 0.2) is 11.6 Å².